The van der Waals surface area contributed by atoms with Crippen LogP contribution in [0.4, 0.5) is 0 Å². The minimum Gasteiger partial charge on any atom is -0.393 e. The van der Waals surface area contributed by atoms with Crippen molar-refractivity contribution in [2.75, 3.05) is 6.54 Å². The van der Waals surface area contributed by atoms with Crippen LogP contribution in [0.1, 0.15) is 33.1 Å². The molecule has 4 heteroatoms. The van der Waals surface area contributed by atoms with Gasteiger partial charge in [0.05, 0.1) is 11.4 Å². The number of thiol groups is 1. The molecule has 0 aromatic rings. The lowest BCUT2D eigenvalue weighted by Gasteiger charge is -2.16. The highest BCUT2D eigenvalue weighted by molar-refractivity contribution is 7.81. The van der Waals surface area contributed by atoms with Crippen molar-refractivity contribution in [3.63, 3.8) is 0 Å². The van der Waals surface area contributed by atoms with E-state index in [1.165, 1.54) is 0 Å². The Morgan fingerprint density at radius 3 is 2.67 bits per heavy atom. The molecule has 0 aromatic heterocycles. The Labute approximate surface area is 97.0 Å². The maximum Gasteiger partial charge on any atom is 0.233 e. The molecule has 3 atom stereocenters. The SMILES string of the molecule is CC(C)C(S)C(=O)NCC1CCC(O)C1. The van der Waals surface area contributed by atoms with E-state index in [-0.39, 0.29) is 23.2 Å². The molecule has 0 heterocycles. The summed E-state index contributed by atoms with van der Waals surface area (Å²) in [7, 11) is 0. The van der Waals surface area contributed by atoms with Crippen LogP contribution in [0.3, 0.4) is 0 Å². The monoisotopic (exact) mass is 231 g/mol. The van der Waals surface area contributed by atoms with Gasteiger partial charge >= 0.3 is 0 Å². The normalized spacial score (nSPS) is 28.1. The van der Waals surface area contributed by atoms with E-state index in [1.54, 1.807) is 0 Å². The van der Waals surface area contributed by atoms with Gasteiger partial charge < -0.3 is 10.4 Å². The Kier molecular flexibility index (Phi) is 4.93. The first kappa shape index (κ1) is 12.8. The van der Waals surface area contributed by atoms with Gasteiger partial charge in [-0.1, -0.05) is 13.8 Å². The predicted molar refractivity (Wildman–Crippen MR) is 64.0 cm³/mol. The molecule has 3 unspecified atom stereocenters. The van der Waals surface area contributed by atoms with E-state index >= 15 is 0 Å². The van der Waals surface area contributed by atoms with Crippen molar-refractivity contribution in [1.82, 2.24) is 5.32 Å². The highest BCUT2D eigenvalue weighted by Gasteiger charge is 2.24. The minimum atomic E-state index is -0.226. The van der Waals surface area contributed by atoms with Crippen LogP contribution in [-0.2, 0) is 4.79 Å². The molecule has 1 aliphatic rings. The van der Waals surface area contributed by atoms with E-state index in [1.807, 2.05) is 13.8 Å². The van der Waals surface area contributed by atoms with Gasteiger partial charge in [0.25, 0.3) is 0 Å². The van der Waals surface area contributed by atoms with Crippen LogP contribution in [0.25, 0.3) is 0 Å². The van der Waals surface area contributed by atoms with E-state index in [0.717, 1.165) is 19.3 Å². The van der Waals surface area contributed by atoms with Crippen LogP contribution in [0, 0.1) is 11.8 Å². The molecule has 15 heavy (non-hydrogen) atoms. The second kappa shape index (κ2) is 5.75. The summed E-state index contributed by atoms with van der Waals surface area (Å²) in [6.45, 7) is 4.65. The summed E-state index contributed by atoms with van der Waals surface area (Å²) < 4.78 is 0. The quantitative estimate of drug-likeness (QED) is 0.637. The van der Waals surface area contributed by atoms with Gasteiger partial charge in [-0.2, -0.15) is 12.6 Å². The lowest BCUT2D eigenvalue weighted by molar-refractivity contribution is -0.121. The number of amides is 1. The molecule has 2 N–H and O–H groups in total. The third-order valence-corrected chi connectivity index (χ3v) is 3.81. The van der Waals surface area contributed by atoms with E-state index in [4.69, 9.17) is 0 Å². The number of carbonyl (C=O) groups excluding carboxylic acids is 1. The predicted octanol–water partition coefficient (Wildman–Crippen LogP) is 1.22. The fourth-order valence-corrected chi connectivity index (χ4v) is 1.98. The topological polar surface area (TPSA) is 49.3 Å². The zero-order valence-electron chi connectivity index (χ0n) is 9.44. The van der Waals surface area contributed by atoms with Crippen molar-refractivity contribution in [2.24, 2.45) is 11.8 Å². The molecule has 0 radical (unpaired) electrons. The van der Waals surface area contributed by atoms with Crippen molar-refractivity contribution in [2.45, 2.75) is 44.5 Å². The molecule has 3 nitrogen and oxygen atoms in total. The van der Waals surface area contributed by atoms with Crippen LogP contribution >= 0.6 is 12.6 Å². The third kappa shape index (κ3) is 4.03. The van der Waals surface area contributed by atoms with E-state index in [0.29, 0.717) is 12.5 Å². The van der Waals surface area contributed by atoms with Gasteiger partial charge in [-0.15, -0.1) is 0 Å². The fourth-order valence-electron chi connectivity index (χ4n) is 1.89. The third-order valence-electron chi connectivity index (χ3n) is 2.98. The molecule has 1 aliphatic carbocycles. The summed E-state index contributed by atoms with van der Waals surface area (Å²) >= 11 is 4.25. The summed E-state index contributed by atoms with van der Waals surface area (Å²) in [5, 5.41) is 12.0. The van der Waals surface area contributed by atoms with Gasteiger partial charge in [0, 0.05) is 6.54 Å². The summed E-state index contributed by atoms with van der Waals surface area (Å²) in [6.07, 6.45) is 2.54. The first-order valence-corrected chi connectivity index (χ1v) is 6.16. The molecule has 1 rings (SSSR count). The van der Waals surface area contributed by atoms with Crippen LogP contribution in [0.2, 0.25) is 0 Å². The van der Waals surface area contributed by atoms with Crippen LogP contribution in [-0.4, -0.2) is 28.9 Å². The van der Waals surface area contributed by atoms with Gasteiger partial charge in [0.15, 0.2) is 0 Å². The van der Waals surface area contributed by atoms with E-state index in [9.17, 15) is 9.90 Å². The molecule has 1 saturated carbocycles. The van der Waals surface area contributed by atoms with Gasteiger partial charge in [-0.25, -0.2) is 0 Å². The number of hydrogen-bond acceptors (Lipinski definition) is 3. The number of rotatable bonds is 4. The summed E-state index contributed by atoms with van der Waals surface area (Å²) in [5.74, 6) is 0.703. The molecule has 1 fully saturated rings. The molecule has 0 bridgehead atoms. The lowest BCUT2D eigenvalue weighted by Crippen LogP contribution is -2.37. The first-order chi connectivity index (χ1) is 7.00. The Hall–Kier alpha value is -0.220. The average Bonchev–Trinajstić information content (AvgIpc) is 2.59. The van der Waals surface area contributed by atoms with E-state index < -0.39 is 0 Å². The largest absolute Gasteiger partial charge is 0.393 e. The molecule has 1 amide bonds. The summed E-state index contributed by atoms with van der Waals surface area (Å²) in [5.41, 5.74) is 0. The number of hydrogen-bond donors (Lipinski definition) is 3. The van der Waals surface area contributed by atoms with Crippen molar-refractivity contribution in [1.29, 1.82) is 0 Å². The van der Waals surface area contributed by atoms with Crippen LogP contribution in [0.5, 0.6) is 0 Å². The summed E-state index contributed by atoms with van der Waals surface area (Å²) in [4.78, 5) is 11.6. The van der Waals surface area contributed by atoms with Crippen LogP contribution in [0.15, 0.2) is 0 Å². The molecule has 0 aliphatic heterocycles. The Morgan fingerprint density at radius 1 is 1.53 bits per heavy atom. The minimum absolute atomic E-state index is 0.00900. The number of carbonyl (C=O) groups is 1. The summed E-state index contributed by atoms with van der Waals surface area (Å²) in [6, 6.07) is 0. The highest BCUT2D eigenvalue weighted by atomic mass is 32.1. The lowest BCUT2D eigenvalue weighted by atomic mass is 10.1. The molecule has 0 spiro atoms. The zero-order chi connectivity index (χ0) is 11.4. The average molecular weight is 231 g/mol. The first-order valence-electron chi connectivity index (χ1n) is 5.64. The number of aliphatic hydroxyl groups excluding tert-OH is 1. The number of aliphatic hydroxyl groups is 1. The standard InChI is InChI=1S/C11H21NO2S/c1-7(2)10(15)11(14)12-6-8-3-4-9(13)5-8/h7-10,13,15H,3-6H2,1-2H3,(H,12,14). The van der Waals surface area contributed by atoms with Crippen LogP contribution < -0.4 is 5.32 Å². The van der Waals surface area contributed by atoms with Gasteiger partial charge in [0.1, 0.15) is 0 Å². The van der Waals surface area contributed by atoms with Gasteiger partial charge in [0.2, 0.25) is 5.91 Å². The van der Waals surface area contributed by atoms with Gasteiger partial charge in [-0.05, 0) is 31.1 Å². The van der Waals surface area contributed by atoms with Crippen molar-refractivity contribution in [3.05, 3.63) is 0 Å². The molecule has 0 saturated heterocycles. The molecular formula is C11H21NO2S. The van der Waals surface area contributed by atoms with Crippen molar-refractivity contribution < 1.29 is 9.90 Å². The molecular weight excluding hydrogens is 210 g/mol. The maximum absolute atomic E-state index is 11.6. The zero-order valence-corrected chi connectivity index (χ0v) is 10.3. The van der Waals surface area contributed by atoms with Crippen molar-refractivity contribution >= 4 is 18.5 Å². The highest BCUT2D eigenvalue weighted by Crippen LogP contribution is 2.24. The van der Waals surface area contributed by atoms with Gasteiger partial charge in [-0.3, -0.25) is 4.79 Å². The number of nitrogens with one attached hydrogen (secondary N) is 1. The maximum atomic E-state index is 11.6. The smallest absolute Gasteiger partial charge is 0.233 e. The Balaban J connectivity index is 2.22. The molecule has 88 valence electrons. The fraction of sp³-hybridized carbons (Fsp3) is 0.909. The second-order valence-corrected chi connectivity index (χ2v) is 5.32. The molecule has 0 aromatic carbocycles. The second-order valence-electron chi connectivity index (χ2n) is 4.77. The Morgan fingerprint density at radius 2 is 2.20 bits per heavy atom. The van der Waals surface area contributed by atoms with E-state index in [2.05, 4.69) is 17.9 Å². The Bertz CT molecular complexity index is 221. The van der Waals surface area contributed by atoms with Crippen molar-refractivity contribution in [3.8, 4) is 0 Å².